The molecule has 0 atom stereocenters. The van der Waals surface area contributed by atoms with Crippen molar-refractivity contribution in [2.75, 3.05) is 13.1 Å². The summed E-state index contributed by atoms with van der Waals surface area (Å²) < 4.78 is 4.64. The van der Waals surface area contributed by atoms with Crippen molar-refractivity contribution in [3.05, 3.63) is 45.4 Å². The highest BCUT2D eigenvalue weighted by Crippen LogP contribution is 2.25. The fourth-order valence-electron chi connectivity index (χ4n) is 3.06. The molecule has 0 unspecified atom stereocenters. The SMILES string of the molecule is Cc1ccc(CCC2CCN(Cc3nnsc3Cl)CC2)cc1. The molecular weight excluding hydrogens is 314 g/mol. The standard InChI is InChI=1S/C17H22ClN3S/c1-13-2-4-14(5-3-13)6-7-15-8-10-21(11-9-15)12-16-17(18)22-20-19-16/h2-5,15H,6-12H2,1H3. The van der Waals surface area contributed by atoms with Crippen molar-refractivity contribution in [3.8, 4) is 0 Å². The minimum absolute atomic E-state index is 0.737. The molecular formula is C17H22ClN3S. The summed E-state index contributed by atoms with van der Waals surface area (Å²) in [5.74, 6) is 0.849. The Morgan fingerprint density at radius 1 is 1.23 bits per heavy atom. The number of rotatable bonds is 5. The quantitative estimate of drug-likeness (QED) is 0.813. The normalized spacial score (nSPS) is 17.0. The zero-order chi connectivity index (χ0) is 15.4. The molecule has 1 aliphatic heterocycles. The largest absolute Gasteiger partial charge is 0.297 e. The molecule has 0 N–H and O–H groups in total. The van der Waals surface area contributed by atoms with Crippen LogP contribution >= 0.6 is 23.1 Å². The molecule has 0 saturated carbocycles. The van der Waals surface area contributed by atoms with Crippen LogP contribution in [0, 0.1) is 12.8 Å². The van der Waals surface area contributed by atoms with Crippen LogP contribution in [0.3, 0.4) is 0 Å². The van der Waals surface area contributed by atoms with Crippen LogP contribution in [0.25, 0.3) is 0 Å². The van der Waals surface area contributed by atoms with E-state index in [-0.39, 0.29) is 0 Å². The lowest BCUT2D eigenvalue weighted by Gasteiger charge is -2.31. The van der Waals surface area contributed by atoms with Crippen molar-refractivity contribution in [1.82, 2.24) is 14.5 Å². The molecule has 1 fully saturated rings. The molecule has 1 aromatic carbocycles. The second kappa shape index (κ2) is 7.53. The van der Waals surface area contributed by atoms with Crippen LogP contribution in [-0.2, 0) is 13.0 Å². The van der Waals surface area contributed by atoms with E-state index in [0.29, 0.717) is 0 Å². The Morgan fingerprint density at radius 2 is 1.95 bits per heavy atom. The van der Waals surface area contributed by atoms with Gasteiger partial charge in [-0.05, 0) is 57.2 Å². The van der Waals surface area contributed by atoms with Gasteiger partial charge in [0.2, 0.25) is 0 Å². The predicted octanol–water partition coefficient (Wildman–Crippen LogP) is 4.34. The maximum atomic E-state index is 6.08. The molecule has 22 heavy (non-hydrogen) atoms. The third-order valence-corrected chi connectivity index (χ3v) is 5.54. The number of piperidine rings is 1. The lowest BCUT2D eigenvalue weighted by atomic mass is 9.90. The summed E-state index contributed by atoms with van der Waals surface area (Å²) in [7, 11) is 0. The highest BCUT2D eigenvalue weighted by Gasteiger charge is 2.20. The van der Waals surface area contributed by atoms with E-state index >= 15 is 0 Å². The summed E-state index contributed by atoms with van der Waals surface area (Å²) in [5, 5.41) is 4.11. The second-order valence-corrected chi connectivity index (χ2v) is 7.59. The van der Waals surface area contributed by atoms with E-state index in [2.05, 4.69) is 45.7 Å². The Kier molecular flexibility index (Phi) is 5.45. The highest BCUT2D eigenvalue weighted by atomic mass is 35.5. The van der Waals surface area contributed by atoms with E-state index in [1.165, 1.54) is 48.3 Å². The van der Waals surface area contributed by atoms with Gasteiger partial charge in [-0.3, -0.25) is 4.90 Å². The average Bonchev–Trinajstić information content (AvgIpc) is 2.93. The lowest BCUT2D eigenvalue weighted by molar-refractivity contribution is 0.171. The first-order chi connectivity index (χ1) is 10.7. The van der Waals surface area contributed by atoms with E-state index in [9.17, 15) is 0 Å². The summed E-state index contributed by atoms with van der Waals surface area (Å²) >= 11 is 7.36. The Balaban J connectivity index is 1.42. The smallest absolute Gasteiger partial charge is 0.138 e. The van der Waals surface area contributed by atoms with Gasteiger partial charge in [0, 0.05) is 18.1 Å². The zero-order valence-corrected chi connectivity index (χ0v) is 14.5. The van der Waals surface area contributed by atoms with Crippen molar-refractivity contribution in [1.29, 1.82) is 0 Å². The molecule has 2 aromatic rings. The second-order valence-electron chi connectivity index (χ2n) is 6.24. The minimum Gasteiger partial charge on any atom is -0.297 e. The van der Waals surface area contributed by atoms with E-state index in [4.69, 9.17) is 11.6 Å². The fourth-order valence-corrected chi connectivity index (χ4v) is 3.67. The molecule has 3 nitrogen and oxygen atoms in total. The third kappa shape index (κ3) is 4.28. The molecule has 1 aliphatic rings. The molecule has 118 valence electrons. The van der Waals surface area contributed by atoms with Gasteiger partial charge in [0.1, 0.15) is 10.0 Å². The van der Waals surface area contributed by atoms with E-state index in [1.54, 1.807) is 0 Å². The van der Waals surface area contributed by atoms with Crippen LogP contribution in [0.2, 0.25) is 4.34 Å². The Bertz CT molecular complexity index is 588. The number of benzene rings is 1. The van der Waals surface area contributed by atoms with Crippen molar-refractivity contribution in [3.63, 3.8) is 0 Å². The minimum atomic E-state index is 0.737. The van der Waals surface area contributed by atoms with Gasteiger partial charge in [-0.2, -0.15) is 0 Å². The summed E-state index contributed by atoms with van der Waals surface area (Å²) in [6.45, 7) is 5.28. The number of hydrogen-bond donors (Lipinski definition) is 0. The number of aromatic nitrogens is 2. The zero-order valence-electron chi connectivity index (χ0n) is 13.0. The molecule has 3 rings (SSSR count). The average molecular weight is 336 g/mol. The van der Waals surface area contributed by atoms with Crippen molar-refractivity contribution in [2.24, 2.45) is 5.92 Å². The van der Waals surface area contributed by atoms with Gasteiger partial charge in [-0.25, -0.2) is 0 Å². The molecule has 0 radical (unpaired) electrons. The fraction of sp³-hybridized carbons (Fsp3) is 0.529. The van der Waals surface area contributed by atoms with Crippen molar-refractivity contribution in [2.45, 2.75) is 39.2 Å². The first-order valence-electron chi connectivity index (χ1n) is 7.95. The van der Waals surface area contributed by atoms with E-state index in [0.717, 1.165) is 35.6 Å². The maximum absolute atomic E-state index is 6.08. The molecule has 1 aromatic heterocycles. The predicted molar refractivity (Wildman–Crippen MR) is 92.4 cm³/mol. The van der Waals surface area contributed by atoms with Gasteiger partial charge in [0.05, 0.1) is 0 Å². The van der Waals surface area contributed by atoms with Gasteiger partial charge in [0.15, 0.2) is 0 Å². The van der Waals surface area contributed by atoms with E-state index in [1.807, 2.05) is 0 Å². The highest BCUT2D eigenvalue weighted by molar-refractivity contribution is 7.10. The van der Waals surface area contributed by atoms with Crippen LogP contribution in [0.4, 0.5) is 0 Å². The number of halogens is 1. The number of hydrogen-bond acceptors (Lipinski definition) is 4. The van der Waals surface area contributed by atoms with Crippen LogP contribution in [0.1, 0.15) is 36.1 Å². The van der Waals surface area contributed by atoms with Crippen LogP contribution in [0.15, 0.2) is 24.3 Å². The number of likely N-dealkylation sites (tertiary alicyclic amines) is 1. The topological polar surface area (TPSA) is 29.0 Å². The lowest BCUT2D eigenvalue weighted by Crippen LogP contribution is -2.33. The Hall–Kier alpha value is -0.970. The summed E-state index contributed by atoms with van der Waals surface area (Å²) in [6.07, 6.45) is 5.06. The first kappa shape index (κ1) is 15.9. The monoisotopic (exact) mass is 335 g/mol. The summed E-state index contributed by atoms with van der Waals surface area (Å²) in [5.41, 5.74) is 3.74. The molecule has 0 aliphatic carbocycles. The van der Waals surface area contributed by atoms with Crippen LogP contribution in [0.5, 0.6) is 0 Å². The number of nitrogens with zero attached hydrogens (tertiary/aromatic N) is 3. The van der Waals surface area contributed by atoms with Gasteiger partial charge in [-0.15, -0.1) is 5.10 Å². The Morgan fingerprint density at radius 3 is 2.59 bits per heavy atom. The summed E-state index contributed by atoms with van der Waals surface area (Å²) in [4.78, 5) is 2.45. The van der Waals surface area contributed by atoms with E-state index < -0.39 is 0 Å². The van der Waals surface area contributed by atoms with Gasteiger partial charge in [-0.1, -0.05) is 45.9 Å². The Labute approximate surface area is 141 Å². The molecule has 0 spiro atoms. The molecule has 5 heteroatoms. The third-order valence-electron chi connectivity index (χ3n) is 4.55. The number of aryl methyl sites for hydroxylation is 2. The van der Waals surface area contributed by atoms with Gasteiger partial charge < -0.3 is 0 Å². The van der Waals surface area contributed by atoms with Gasteiger partial charge >= 0.3 is 0 Å². The first-order valence-corrected chi connectivity index (χ1v) is 9.10. The van der Waals surface area contributed by atoms with Crippen molar-refractivity contribution >= 4 is 23.1 Å². The van der Waals surface area contributed by atoms with Crippen LogP contribution in [-0.4, -0.2) is 27.6 Å². The van der Waals surface area contributed by atoms with Crippen LogP contribution < -0.4 is 0 Å². The molecule has 0 bridgehead atoms. The maximum Gasteiger partial charge on any atom is 0.138 e. The molecule has 1 saturated heterocycles. The van der Waals surface area contributed by atoms with Crippen molar-refractivity contribution < 1.29 is 0 Å². The molecule has 2 heterocycles. The van der Waals surface area contributed by atoms with Gasteiger partial charge in [0.25, 0.3) is 0 Å². The summed E-state index contributed by atoms with van der Waals surface area (Å²) in [6, 6.07) is 8.95. The molecule has 0 amide bonds.